The fraction of sp³-hybridized carbons (Fsp3) is 0.111. The van der Waals surface area contributed by atoms with Crippen molar-refractivity contribution in [3.05, 3.63) is 75.5 Å². The van der Waals surface area contributed by atoms with Crippen LogP contribution in [-0.2, 0) is 9.53 Å². The molecule has 0 fully saturated rings. The van der Waals surface area contributed by atoms with Crippen molar-refractivity contribution in [1.82, 2.24) is 0 Å². The number of anilines is 1. The number of cyclic esters (lactones) is 1. The largest absolute Gasteiger partial charge is 0.402 e. The Labute approximate surface area is 144 Å². The summed E-state index contributed by atoms with van der Waals surface area (Å²) < 4.78 is 5.17. The molecule has 1 heterocycles. The molecule has 2 aromatic rings. The van der Waals surface area contributed by atoms with Crippen molar-refractivity contribution >= 4 is 29.3 Å². The van der Waals surface area contributed by atoms with Crippen molar-refractivity contribution in [2.24, 2.45) is 4.99 Å². The minimum atomic E-state index is -0.585. The van der Waals surface area contributed by atoms with Crippen LogP contribution in [-0.4, -0.2) is 30.9 Å². The summed E-state index contributed by atoms with van der Waals surface area (Å²) in [6.07, 6.45) is 1.48. The monoisotopic (exact) mass is 337 g/mol. The van der Waals surface area contributed by atoms with E-state index in [1.165, 1.54) is 12.1 Å². The third-order valence-corrected chi connectivity index (χ3v) is 3.62. The lowest BCUT2D eigenvalue weighted by Gasteiger charge is -2.12. The minimum absolute atomic E-state index is 0.0435. The molecule has 126 valence electrons. The first-order chi connectivity index (χ1) is 12.0. The lowest BCUT2D eigenvalue weighted by molar-refractivity contribution is -0.384. The Bertz CT molecular complexity index is 902. The zero-order valence-corrected chi connectivity index (χ0v) is 13.7. The van der Waals surface area contributed by atoms with Crippen LogP contribution in [0.15, 0.2) is 59.2 Å². The molecule has 25 heavy (non-hydrogen) atoms. The first-order valence-corrected chi connectivity index (χ1v) is 7.49. The van der Waals surface area contributed by atoms with E-state index in [9.17, 15) is 14.9 Å². The van der Waals surface area contributed by atoms with Crippen LogP contribution in [0.5, 0.6) is 0 Å². The van der Waals surface area contributed by atoms with Crippen LogP contribution in [0.4, 0.5) is 11.4 Å². The van der Waals surface area contributed by atoms with E-state index in [1.807, 2.05) is 18.2 Å². The average molecular weight is 337 g/mol. The second-order valence-corrected chi connectivity index (χ2v) is 5.60. The third-order valence-electron chi connectivity index (χ3n) is 3.62. The molecular formula is C18H15N3O4. The van der Waals surface area contributed by atoms with E-state index in [1.54, 1.807) is 43.3 Å². The SMILES string of the molecule is CN(C)c1ccc(/C=C2/N=C(c3ccccc3)OC2=O)cc1[N+](=O)[O-]. The van der Waals surface area contributed by atoms with E-state index in [4.69, 9.17) is 4.74 Å². The summed E-state index contributed by atoms with van der Waals surface area (Å²) in [5.41, 5.74) is 1.73. The molecule has 7 heteroatoms. The maximum atomic E-state index is 12.0. The van der Waals surface area contributed by atoms with Crippen LogP contribution >= 0.6 is 0 Å². The molecule has 0 aliphatic carbocycles. The molecule has 0 saturated heterocycles. The number of hydrogen-bond donors (Lipinski definition) is 0. The van der Waals surface area contributed by atoms with Crippen LogP contribution in [0.1, 0.15) is 11.1 Å². The number of esters is 1. The lowest BCUT2D eigenvalue weighted by atomic mass is 10.1. The molecule has 0 spiro atoms. The first-order valence-electron chi connectivity index (χ1n) is 7.49. The highest BCUT2D eigenvalue weighted by atomic mass is 16.6. The summed E-state index contributed by atoms with van der Waals surface area (Å²) in [5, 5.41) is 11.3. The molecule has 0 amide bonds. The molecule has 0 unspecified atom stereocenters. The van der Waals surface area contributed by atoms with E-state index >= 15 is 0 Å². The Morgan fingerprint density at radius 3 is 2.52 bits per heavy atom. The van der Waals surface area contributed by atoms with Crippen molar-refractivity contribution in [3.8, 4) is 0 Å². The molecule has 2 aromatic carbocycles. The summed E-state index contributed by atoms with van der Waals surface area (Å²) in [5.74, 6) is -0.366. The standard InChI is InChI=1S/C18H15N3O4/c1-20(2)15-9-8-12(11-16(15)21(23)24)10-14-18(22)25-17(19-14)13-6-4-3-5-7-13/h3-11H,1-2H3/b14-10+. The topological polar surface area (TPSA) is 85.0 Å². The van der Waals surface area contributed by atoms with E-state index in [-0.39, 0.29) is 17.3 Å². The minimum Gasteiger partial charge on any atom is -0.402 e. The Morgan fingerprint density at radius 1 is 1.16 bits per heavy atom. The van der Waals surface area contributed by atoms with Gasteiger partial charge < -0.3 is 9.64 Å². The van der Waals surface area contributed by atoms with Gasteiger partial charge in [0.15, 0.2) is 5.70 Å². The van der Waals surface area contributed by atoms with Gasteiger partial charge in [-0.3, -0.25) is 10.1 Å². The smallest absolute Gasteiger partial charge is 0.363 e. The second-order valence-electron chi connectivity index (χ2n) is 5.60. The molecule has 0 atom stereocenters. The van der Waals surface area contributed by atoms with Crippen molar-refractivity contribution in [2.45, 2.75) is 0 Å². The fourth-order valence-corrected chi connectivity index (χ4v) is 2.43. The second kappa shape index (κ2) is 6.56. The number of benzene rings is 2. The first kappa shape index (κ1) is 16.4. The van der Waals surface area contributed by atoms with Gasteiger partial charge >= 0.3 is 5.97 Å². The van der Waals surface area contributed by atoms with Gasteiger partial charge in [-0.25, -0.2) is 9.79 Å². The van der Waals surface area contributed by atoms with Gasteiger partial charge in [-0.2, -0.15) is 0 Å². The quantitative estimate of drug-likeness (QED) is 0.370. The highest BCUT2D eigenvalue weighted by Gasteiger charge is 2.24. The maximum Gasteiger partial charge on any atom is 0.363 e. The maximum absolute atomic E-state index is 12.0. The van der Waals surface area contributed by atoms with Crippen LogP contribution in [0.2, 0.25) is 0 Å². The number of rotatable bonds is 4. The van der Waals surface area contributed by atoms with E-state index < -0.39 is 10.9 Å². The highest BCUT2D eigenvalue weighted by molar-refractivity contribution is 6.12. The normalized spacial score (nSPS) is 15.0. The summed E-state index contributed by atoms with van der Waals surface area (Å²) in [6.45, 7) is 0. The van der Waals surface area contributed by atoms with E-state index in [0.29, 0.717) is 16.8 Å². The van der Waals surface area contributed by atoms with Gasteiger partial charge in [0.2, 0.25) is 5.90 Å². The molecular weight excluding hydrogens is 322 g/mol. The van der Waals surface area contributed by atoms with Gasteiger partial charge in [0, 0.05) is 25.7 Å². The lowest BCUT2D eigenvalue weighted by Crippen LogP contribution is -2.11. The van der Waals surface area contributed by atoms with Gasteiger partial charge in [0.05, 0.1) is 4.92 Å². The van der Waals surface area contributed by atoms with Crippen LogP contribution in [0.25, 0.3) is 6.08 Å². The Balaban J connectivity index is 1.98. The van der Waals surface area contributed by atoms with Crippen molar-refractivity contribution in [1.29, 1.82) is 0 Å². The van der Waals surface area contributed by atoms with E-state index in [0.717, 1.165) is 0 Å². The number of carbonyl (C=O) groups excluding carboxylic acids is 1. The van der Waals surface area contributed by atoms with Gasteiger partial charge in [0.1, 0.15) is 5.69 Å². The molecule has 1 aliphatic heterocycles. The predicted octanol–water partition coefficient (Wildman–Crippen LogP) is 3.01. The molecule has 0 bridgehead atoms. The Kier molecular flexibility index (Phi) is 4.30. The number of carbonyl (C=O) groups is 1. The summed E-state index contributed by atoms with van der Waals surface area (Å²) in [4.78, 5) is 28.7. The Hall–Kier alpha value is -3.48. The molecule has 0 radical (unpaired) electrons. The number of hydrogen-bond acceptors (Lipinski definition) is 6. The van der Waals surface area contributed by atoms with Crippen molar-refractivity contribution in [3.63, 3.8) is 0 Å². The predicted molar refractivity (Wildman–Crippen MR) is 94.5 cm³/mol. The zero-order chi connectivity index (χ0) is 18.0. The number of aliphatic imine (C=N–C) groups is 1. The number of ether oxygens (including phenoxy) is 1. The molecule has 1 aliphatic rings. The molecule has 0 aromatic heterocycles. The highest BCUT2D eigenvalue weighted by Crippen LogP contribution is 2.29. The van der Waals surface area contributed by atoms with Crippen LogP contribution in [0.3, 0.4) is 0 Å². The van der Waals surface area contributed by atoms with Crippen LogP contribution in [0, 0.1) is 10.1 Å². The zero-order valence-electron chi connectivity index (χ0n) is 13.7. The van der Waals surface area contributed by atoms with Gasteiger partial charge in [-0.05, 0) is 29.8 Å². The Morgan fingerprint density at radius 2 is 1.88 bits per heavy atom. The van der Waals surface area contributed by atoms with E-state index in [2.05, 4.69) is 4.99 Å². The summed E-state index contributed by atoms with van der Waals surface area (Å²) in [6, 6.07) is 13.8. The number of nitro groups is 1. The number of nitro benzene ring substituents is 1. The van der Waals surface area contributed by atoms with Crippen molar-refractivity contribution in [2.75, 3.05) is 19.0 Å². The molecule has 3 rings (SSSR count). The molecule has 7 nitrogen and oxygen atoms in total. The summed E-state index contributed by atoms with van der Waals surface area (Å²) in [7, 11) is 3.45. The van der Waals surface area contributed by atoms with Gasteiger partial charge in [-0.15, -0.1) is 0 Å². The third kappa shape index (κ3) is 3.40. The molecule has 0 N–H and O–H groups in total. The van der Waals surface area contributed by atoms with Crippen LogP contribution < -0.4 is 4.90 Å². The number of nitrogens with zero attached hydrogens (tertiary/aromatic N) is 3. The van der Waals surface area contributed by atoms with Gasteiger partial charge in [-0.1, -0.05) is 24.3 Å². The average Bonchev–Trinajstić information content (AvgIpc) is 2.96. The van der Waals surface area contributed by atoms with Crippen molar-refractivity contribution < 1.29 is 14.5 Å². The fourth-order valence-electron chi connectivity index (χ4n) is 2.43. The van der Waals surface area contributed by atoms with Gasteiger partial charge in [0.25, 0.3) is 5.69 Å². The molecule has 0 saturated carbocycles. The summed E-state index contributed by atoms with van der Waals surface area (Å²) >= 11 is 0.